The number of halogens is 1. The largest absolute Gasteiger partial charge is 0.472 e. The lowest BCUT2D eigenvalue weighted by Crippen LogP contribution is -2.37. The number of nitrogens with zero attached hydrogens (tertiary/aromatic N) is 1. The summed E-state index contributed by atoms with van der Waals surface area (Å²) in [7, 11) is 0. The monoisotopic (exact) mass is 377 g/mol. The van der Waals surface area contributed by atoms with Crippen LogP contribution in [0.3, 0.4) is 0 Å². The van der Waals surface area contributed by atoms with Crippen molar-refractivity contribution in [1.82, 2.24) is 5.32 Å². The van der Waals surface area contributed by atoms with Crippen molar-refractivity contribution in [2.24, 2.45) is 0 Å². The first-order valence-corrected chi connectivity index (χ1v) is 8.74. The number of carbonyl (C=O) groups is 2. The Morgan fingerprint density at radius 2 is 2.00 bits per heavy atom. The Morgan fingerprint density at radius 3 is 2.73 bits per heavy atom. The van der Waals surface area contributed by atoms with E-state index >= 15 is 0 Å². The molecule has 0 aliphatic carbocycles. The number of morpholine rings is 1. The van der Waals surface area contributed by atoms with Crippen LogP contribution in [0.15, 0.2) is 41.2 Å². The Balaban J connectivity index is 1.57. The normalized spacial score (nSPS) is 14.1. The predicted molar refractivity (Wildman–Crippen MR) is 98.8 cm³/mol. The summed E-state index contributed by atoms with van der Waals surface area (Å²) in [5.41, 5.74) is 1.88. The number of benzene rings is 1. The summed E-state index contributed by atoms with van der Waals surface area (Å²) in [5.74, 6) is -0.474. The van der Waals surface area contributed by atoms with Gasteiger partial charge in [0, 0.05) is 26.1 Å². The molecule has 1 aromatic carbocycles. The fourth-order valence-electron chi connectivity index (χ4n) is 2.72. The molecule has 8 heteroatoms. The summed E-state index contributed by atoms with van der Waals surface area (Å²) in [5, 5.41) is 6.14. The van der Waals surface area contributed by atoms with Gasteiger partial charge in [-0.15, -0.1) is 0 Å². The van der Waals surface area contributed by atoms with Gasteiger partial charge < -0.3 is 24.7 Å². The number of ether oxygens (including phenoxy) is 1. The highest BCUT2D eigenvalue weighted by Gasteiger charge is 2.19. The van der Waals surface area contributed by atoms with Gasteiger partial charge in [0.1, 0.15) is 6.26 Å². The highest BCUT2D eigenvalue weighted by atomic mass is 35.5. The van der Waals surface area contributed by atoms with Crippen molar-refractivity contribution >= 4 is 34.8 Å². The standard InChI is InChI=1S/C18H20ClN3O4/c19-14-2-1-3-15(17(14)22-7-10-25-11-8-22)21-16(23)4-6-20-18(24)13-5-9-26-12-13/h1-3,5,9,12H,4,6-8,10-11H2,(H,20,24)(H,21,23). The van der Waals surface area contributed by atoms with E-state index in [-0.39, 0.29) is 24.8 Å². The van der Waals surface area contributed by atoms with E-state index in [1.807, 2.05) is 6.07 Å². The third-order valence-corrected chi connectivity index (χ3v) is 4.31. The predicted octanol–water partition coefficient (Wildman–Crippen LogP) is 2.53. The van der Waals surface area contributed by atoms with E-state index in [4.69, 9.17) is 20.8 Å². The maximum Gasteiger partial charge on any atom is 0.254 e. The lowest BCUT2D eigenvalue weighted by Gasteiger charge is -2.31. The van der Waals surface area contributed by atoms with E-state index in [0.29, 0.717) is 42.6 Å². The number of anilines is 2. The Morgan fingerprint density at radius 1 is 1.19 bits per heavy atom. The fraction of sp³-hybridized carbons (Fsp3) is 0.333. The van der Waals surface area contributed by atoms with Gasteiger partial charge in [-0.2, -0.15) is 0 Å². The van der Waals surface area contributed by atoms with Crippen LogP contribution >= 0.6 is 11.6 Å². The molecule has 0 radical (unpaired) electrons. The van der Waals surface area contributed by atoms with Gasteiger partial charge in [-0.1, -0.05) is 17.7 Å². The van der Waals surface area contributed by atoms with Gasteiger partial charge >= 0.3 is 0 Å². The molecule has 1 aliphatic heterocycles. The average Bonchev–Trinajstić information content (AvgIpc) is 3.17. The van der Waals surface area contributed by atoms with Crippen LogP contribution in [-0.2, 0) is 9.53 Å². The number of amides is 2. The SMILES string of the molecule is O=C(CCNC(=O)c1ccoc1)Nc1cccc(Cl)c1N1CCOCC1. The number of rotatable bonds is 6. The second-order valence-corrected chi connectivity index (χ2v) is 6.21. The molecular formula is C18H20ClN3O4. The number of furan rings is 1. The number of hydrogen-bond donors (Lipinski definition) is 2. The van der Waals surface area contributed by atoms with E-state index in [0.717, 1.165) is 5.69 Å². The maximum atomic E-state index is 12.3. The van der Waals surface area contributed by atoms with Crippen molar-refractivity contribution in [2.75, 3.05) is 43.1 Å². The van der Waals surface area contributed by atoms with Crippen LogP contribution in [0, 0.1) is 0 Å². The molecule has 0 atom stereocenters. The zero-order chi connectivity index (χ0) is 18.4. The molecule has 0 spiro atoms. The first-order valence-electron chi connectivity index (χ1n) is 8.36. The molecule has 2 N–H and O–H groups in total. The fourth-order valence-corrected chi connectivity index (χ4v) is 3.02. The quantitative estimate of drug-likeness (QED) is 0.808. The molecule has 7 nitrogen and oxygen atoms in total. The first-order chi connectivity index (χ1) is 12.6. The van der Waals surface area contributed by atoms with Crippen LogP contribution in [0.5, 0.6) is 0 Å². The Labute approximate surface area is 156 Å². The average molecular weight is 378 g/mol. The van der Waals surface area contributed by atoms with Gasteiger partial charge in [0.25, 0.3) is 5.91 Å². The van der Waals surface area contributed by atoms with Gasteiger partial charge in [0.05, 0.1) is 41.4 Å². The third kappa shape index (κ3) is 4.56. The summed E-state index contributed by atoms with van der Waals surface area (Å²) < 4.78 is 10.2. The molecule has 0 bridgehead atoms. The molecule has 3 rings (SSSR count). The molecule has 0 saturated carbocycles. The van der Waals surface area contributed by atoms with E-state index in [9.17, 15) is 9.59 Å². The van der Waals surface area contributed by atoms with Crippen molar-refractivity contribution in [3.8, 4) is 0 Å². The van der Waals surface area contributed by atoms with Crippen LogP contribution in [-0.4, -0.2) is 44.7 Å². The molecule has 1 fully saturated rings. The molecule has 2 amide bonds. The van der Waals surface area contributed by atoms with Gasteiger partial charge in [-0.05, 0) is 18.2 Å². The van der Waals surface area contributed by atoms with Crippen molar-refractivity contribution in [3.63, 3.8) is 0 Å². The second kappa shape index (κ2) is 8.73. The minimum Gasteiger partial charge on any atom is -0.472 e. The highest BCUT2D eigenvalue weighted by molar-refractivity contribution is 6.34. The molecule has 2 aromatic rings. The van der Waals surface area contributed by atoms with Crippen LogP contribution in [0.4, 0.5) is 11.4 Å². The molecule has 1 saturated heterocycles. The van der Waals surface area contributed by atoms with Crippen LogP contribution in [0.2, 0.25) is 5.02 Å². The van der Waals surface area contributed by atoms with Crippen LogP contribution in [0.25, 0.3) is 0 Å². The number of hydrogen-bond acceptors (Lipinski definition) is 5. The maximum absolute atomic E-state index is 12.3. The molecular weight excluding hydrogens is 358 g/mol. The summed E-state index contributed by atoms with van der Waals surface area (Å²) in [6, 6.07) is 6.98. The number of nitrogens with one attached hydrogen (secondary N) is 2. The lowest BCUT2D eigenvalue weighted by molar-refractivity contribution is -0.116. The minimum atomic E-state index is -0.275. The molecule has 1 aromatic heterocycles. The summed E-state index contributed by atoms with van der Waals surface area (Å²) in [6.45, 7) is 2.90. The van der Waals surface area contributed by atoms with Crippen molar-refractivity contribution < 1.29 is 18.7 Å². The summed E-state index contributed by atoms with van der Waals surface area (Å²) in [6.07, 6.45) is 2.93. The Bertz CT molecular complexity index is 758. The Kier molecular flexibility index (Phi) is 6.14. The van der Waals surface area contributed by atoms with Crippen LogP contribution < -0.4 is 15.5 Å². The van der Waals surface area contributed by atoms with E-state index < -0.39 is 0 Å². The molecule has 2 heterocycles. The van der Waals surface area contributed by atoms with Crippen LogP contribution in [0.1, 0.15) is 16.8 Å². The lowest BCUT2D eigenvalue weighted by atomic mass is 10.2. The first kappa shape index (κ1) is 18.3. The van der Waals surface area contributed by atoms with Gasteiger partial charge in [0.15, 0.2) is 0 Å². The van der Waals surface area contributed by atoms with E-state index in [1.165, 1.54) is 12.5 Å². The summed E-state index contributed by atoms with van der Waals surface area (Å²) >= 11 is 6.35. The van der Waals surface area contributed by atoms with E-state index in [1.54, 1.807) is 18.2 Å². The molecule has 138 valence electrons. The third-order valence-electron chi connectivity index (χ3n) is 4.01. The second-order valence-electron chi connectivity index (χ2n) is 5.80. The van der Waals surface area contributed by atoms with Gasteiger partial charge in [-0.25, -0.2) is 0 Å². The smallest absolute Gasteiger partial charge is 0.254 e. The van der Waals surface area contributed by atoms with Gasteiger partial charge in [-0.3, -0.25) is 9.59 Å². The van der Waals surface area contributed by atoms with Crippen molar-refractivity contribution in [2.45, 2.75) is 6.42 Å². The Hall–Kier alpha value is -2.51. The molecule has 26 heavy (non-hydrogen) atoms. The number of carbonyl (C=O) groups excluding carboxylic acids is 2. The zero-order valence-electron chi connectivity index (χ0n) is 14.2. The van der Waals surface area contributed by atoms with Crippen molar-refractivity contribution in [1.29, 1.82) is 0 Å². The minimum absolute atomic E-state index is 0.151. The highest BCUT2D eigenvalue weighted by Crippen LogP contribution is 2.34. The zero-order valence-corrected chi connectivity index (χ0v) is 14.9. The number of para-hydroxylation sites is 1. The molecule has 1 aliphatic rings. The van der Waals surface area contributed by atoms with E-state index in [2.05, 4.69) is 15.5 Å². The molecule has 0 unspecified atom stereocenters. The van der Waals surface area contributed by atoms with Gasteiger partial charge in [0.2, 0.25) is 5.91 Å². The topological polar surface area (TPSA) is 83.8 Å². The van der Waals surface area contributed by atoms with Crippen molar-refractivity contribution in [3.05, 3.63) is 47.4 Å². The summed E-state index contributed by atoms with van der Waals surface area (Å²) in [4.78, 5) is 26.2.